The molecule has 1 saturated heterocycles. The predicted octanol–water partition coefficient (Wildman–Crippen LogP) is 5.08. The minimum atomic E-state index is -4.45. The van der Waals surface area contributed by atoms with E-state index in [4.69, 9.17) is 4.74 Å². The van der Waals surface area contributed by atoms with Crippen molar-refractivity contribution in [1.82, 2.24) is 4.90 Å². The molecule has 0 atom stereocenters. The number of carboxylic acid groups (broad SMARTS) is 1. The number of thioether (sulfide) groups is 1. The number of benzene rings is 2. The summed E-state index contributed by atoms with van der Waals surface area (Å²) in [6.07, 6.45) is -4.56. The molecular formula is C24H18F3NO5S. The number of alkyl halides is 3. The molecule has 0 bridgehead atoms. The second kappa shape index (κ2) is 7.90. The van der Waals surface area contributed by atoms with Crippen LogP contribution in [0.3, 0.4) is 0 Å². The molecule has 6 nitrogen and oxygen atoms in total. The van der Waals surface area contributed by atoms with Gasteiger partial charge in [-0.3, -0.25) is 9.59 Å². The maximum atomic E-state index is 12.9. The third kappa shape index (κ3) is 3.75. The van der Waals surface area contributed by atoms with Crippen LogP contribution in [-0.4, -0.2) is 52.1 Å². The summed E-state index contributed by atoms with van der Waals surface area (Å²) in [6.45, 7) is 0.591. The average Bonchev–Trinajstić information content (AvgIpc) is 2.82. The van der Waals surface area contributed by atoms with Gasteiger partial charge in [0.2, 0.25) is 11.6 Å². The van der Waals surface area contributed by atoms with E-state index in [0.29, 0.717) is 48.4 Å². The Bertz CT molecular complexity index is 1240. The van der Waals surface area contributed by atoms with Crippen LogP contribution in [-0.2, 0) is 15.7 Å². The topological polar surface area (TPSA) is 83.9 Å². The lowest BCUT2D eigenvalue weighted by Gasteiger charge is -2.44. The number of hydrogen-bond donors (Lipinski definition) is 1. The van der Waals surface area contributed by atoms with Gasteiger partial charge in [-0.15, -0.1) is 11.8 Å². The van der Waals surface area contributed by atoms with E-state index >= 15 is 0 Å². The normalized spacial score (nSPS) is 19.6. The first-order valence-corrected chi connectivity index (χ1v) is 11.5. The summed E-state index contributed by atoms with van der Waals surface area (Å²) >= 11 is 1.24. The summed E-state index contributed by atoms with van der Waals surface area (Å²) in [4.78, 5) is 38.2. The number of Topliss-reactive ketones (excluding diaryl/α,β-unsaturated/α-hetero) is 2. The molecule has 1 fully saturated rings. The van der Waals surface area contributed by atoms with Crippen molar-refractivity contribution in [3.8, 4) is 11.1 Å². The number of likely N-dealkylation sites (tertiary alicyclic amines) is 1. The third-order valence-electron chi connectivity index (χ3n) is 6.42. The number of nitrogens with zero attached hydrogens (tertiary/aromatic N) is 1. The summed E-state index contributed by atoms with van der Waals surface area (Å²) in [5.74, 6) is -0.590. The van der Waals surface area contributed by atoms with Crippen molar-refractivity contribution in [2.75, 3.05) is 18.8 Å². The van der Waals surface area contributed by atoms with Gasteiger partial charge in [0.25, 0.3) is 0 Å². The maximum Gasteiger partial charge on any atom is 0.416 e. The Labute approximate surface area is 196 Å². The number of ketones is 2. The Hall–Kier alpha value is -3.27. The first-order chi connectivity index (χ1) is 16.1. The lowest BCUT2D eigenvalue weighted by Crippen LogP contribution is -2.50. The van der Waals surface area contributed by atoms with Crippen LogP contribution in [0.1, 0.15) is 34.3 Å². The predicted molar refractivity (Wildman–Crippen MR) is 118 cm³/mol. The Balaban J connectivity index is 1.51. The van der Waals surface area contributed by atoms with E-state index in [1.54, 1.807) is 12.1 Å². The van der Waals surface area contributed by atoms with Gasteiger partial charge in [-0.25, -0.2) is 4.79 Å². The molecule has 0 radical (unpaired) electrons. The molecule has 0 saturated carbocycles. The lowest BCUT2D eigenvalue weighted by molar-refractivity contribution is -0.137. The highest BCUT2D eigenvalue weighted by molar-refractivity contribution is 8.04. The van der Waals surface area contributed by atoms with Crippen molar-refractivity contribution in [1.29, 1.82) is 0 Å². The van der Waals surface area contributed by atoms with Crippen molar-refractivity contribution in [2.45, 2.75) is 24.6 Å². The summed E-state index contributed by atoms with van der Waals surface area (Å²) in [5.41, 5.74) is 0.272. The van der Waals surface area contributed by atoms with Gasteiger partial charge < -0.3 is 14.7 Å². The molecule has 0 aromatic heterocycles. The highest BCUT2D eigenvalue weighted by atomic mass is 32.2. The number of carbonyl (C=O) groups is 3. The number of rotatable bonds is 1. The fraction of sp³-hybridized carbons (Fsp3) is 0.292. The summed E-state index contributed by atoms with van der Waals surface area (Å²) in [5, 5.41) is 9.23. The number of hydrogen-bond acceptors (Lipinski definition) is 5. The van der Waals surface area contributed by atoms with Crippen molar-refractivity contribution in [2.24, 2.45) is 0 Å². The van der Waals surface area contributed by atoms with Crippen molar-refractivity contribution < 1.29 is 37.4 Å². The number of piperidine rings is 1. The first-order valence-electron chi connectivity index (χ1n) is 10.5. The van der Waals surface area contributed by atoms with Crippen LogP contribution in [0.25, 0.3) is 16.9 Å². The minimum absolute atomic E-state index is 0.181. The molecule has 0 unspecified atom stereocenters. The summed E-state index contributed by atoms with van der Waals surface area (Å²) in [7, 11) is 0. The number of ether oxygens (including phenoxy) is 1. The largest absolute Gasteiger partial charge is 0.484 e. The van der Waals surface area contributed by atoms with Gasteiger partial charge in [0.1, 0.15) is 16.3 Å². The minimum Gasteiger partial charge on any atom is -0.484 e. The van der Waals surface area contributed by atoms with E-state index in [0.717, 1.165) is 12.1 Å². The lowest BCUT2D eigenvalue weighted by atomic mass is 9.88. The van der Waals surface area contributed by atoms with E-state index < -0.39 is 35.0 Å². The molecule has 34 heavy (non-hydrogen) atoms. The van der Waals surface area contributed by atoms with Crippen molar-refractivity contribution >= 4 is 35.2 Å². The van der Waals surface area contributed by atoms with Gasteiger partial charge in [0.15, 0.2) is 0 Å². The molecule has 5 rings (SSSR count). The van der Waals surface area contributed by atoms with Crippen molar-refractivity contribution in [3.63, 3.8) is 0 Å². The van der Waals surface area contributed by atoms with Gasteiger partial charge in [-0.1, -0.05) is 18.2 Å². The van der Waals surface area contributed by atoms with Gasteiger partial charge in [-0.05, 0) is 35.4 Å². The van der Waals surface area contributed by atoms with Crippen LogP contribution >= 0.6 is 11.8 Å². The number of carbonyl (C=O) groups excluding carboxylic acids is 2. The number of allylic oxidation sites excluding steroid dienone is 1. The second-order valence-electron chi connectivity index (χ2n) is 8.50. The highest BCUT2D eigenvalue weighted by Crippen LogP contribution is 2.48. The number of halogens is 3. The third-order valence-corrected chi connectivity index (χ3v) is 7.75. The Morgan fingerprint density at radius 3 is 2.24 bits per heavy atom. The molecule has 1 N–H and O–H groups in total. The zero-order valence-electron chi connectivity index (χ0n) is 17.6. The second-order valence-corrected chi connectivity index (χ2v) is 9.48. The zero-order valence-corrected chi connectivity index (χ0v) is 18.5. The Morgan fingerprint density at radius 1 is 0.971 bits per heavy atom. The molecule has 176 valence electrons. The molecule has 10 heteroatoms. The molecular weight excluding hydrogens is 471 g/mol. The Morgan fingerprint density at radius 2 is 1.62 bits per heavy atom. The van der Waals surface area contributed by atoms with E-state index in [9.17, 15) is 32.7 Å². The maximum absolute atomic E-state index is 12.9. The molecule has 2 heterocycles. The first kappa shape index (κ1) is 22.5. The molecule has 2 aromatic carbocycles. The standard InChI is InChI=1S/C24H18F3NO5S/c25-24(26,27)15-4-1-13(2-5-15)14-3-6-16-17(11-14)20-21(19(30)18(16)29)34-12-23(33-20)7-9-28(10-8-23)22(31)32/h1-6,11H,7-10,12H2,(H,31,32). The van der Waals surface area contributed by atoms with Crippen LogP contribution < -0.4 is 0 Å². The number of fused-ring (bicyclic) bond motifs is 2. The van der Waals surface area contributed by atoms with Gasteiger partial charge >= 0.3 is 12.3 Å². The Kier molecular flexibility index (Phi) is 5.23. The van der Waals surface area contributed by atoms with E-state index in [2.05, 4.69) is 0 Å². The highest BCUT2D eigenvalue weighted by Gasteiger charge is 2.46. The SMILES string of the molecule is O=C1C(=O)c2ccc(-c3ccc(C(F)(F)F)cc3)cc2C2=C1SCC1(CCN(C(=O)O)CC1)O2. The molecule has 1 spiro atoms. The molecule has 2 aromatic rings. The van der Waals surface area contributed by atoms with Crippen LogP contribution in [0.5, 0.6) is 0 Å². The molecule has 1 aliphatic carbocycles. The molecule has 2 aliphatic heterocycles. The smallest absolute Gasteiger partial charge is 0.416 e. The van der Waals surface area contributed by atoms with Gasteiger partial charge in [-0.2, -0.15) is 13.2 Å². The molecule has 1 amide bonds. The van der Waals surface area contributed by atoms with Crippen LogP contribution in [0.15, 0.2) is 47.4 Å². The monoisotopic (exact) mass is 489 g/mol. The summed E-state index contributed by atoms with van der Waals surface area (Å²) < 4.78 is 45.1. The summed E-state index contributed by atoms with van der Waals surface area (Å²) in [6, 6.07) is 9.44. The zero-order chi connectivity index (χ0) is 24.3. The van der Waals surface area contributed by atoms with Crippen molar-refractivity contribution in [3.05, 3.63) is 64.1 Å². The van der Waals surface area contributed by atoms with Gasteiger partial charge in [0, 0.05) is 42.8 Å². The van der Waals surface area contributed by atoms with Crippen LogP contribution in [0.4, 0.5) is 18.0 Å². The fourth-order valence-corrected chi connectivity index (χ4v) is 5.71. The van der Waals surface area contributed by atoms with E-state index in [1.807, 2.05) is 0 Å². The molecule has 3 aliphatic rings. The van der Waals surface area contributed by atoms with E-state index in [-0.39, 0.29) is 16.2 Å². The van der Waals surface area contributed by atoms with E-state index in [1.165, 1.54) is 34.9 Å². The average molecular weight is 489 g/mol. The fourth-order valence-electron chi connectivity index (χ4n) is 4.45. The number of amides is 1. The quantitative estimate of drug-likeness (QED) is 0.563. The van der Waals surface area contributed by atoms with Crippen LogP contribution in [0.2, 0.25) is 0 Å². The van der Waals surface area contributed by atoms with Gasteiger partial charge in [0.05, 0.1) is 5.56 Å². The van der Waals surface area contributed by atoms with Crippen LogP contribution in [0, 0.1) is 0 Å².